The van der Waals surface area contributed by atoms with Gasteiger partial charge in [0.15, 0.2) is 0 Å². The minimum Gasteiger partial charge on any atom is -0.497 e. The van der Waals surface area contributed by atoms with E-state index in [2.05, 4.69) is 4.99 Å². The quantitative estimate of drug-likeness (QED) is 0.763. The van der Waals surface area contributed by atoms with E-state index in [1.165, 1.54) is 0 Å². The lowest BCUT2D eigenvalue weighted by atomic mass is 10.1. The fourth-order valence-electron chi connectivity index (χ4n) is 1.12. The van der Waals surface area contributed by atoms with Gasteiger partial charge in [-0.1, -0.05) is 0 Å². The van der Waals surface area contributed by atoms with Crippen LogP contribution in [0.2, 0.25) is 0 Å². The van der Waals surface area contributed by atoms with Crippen molar-refractivity contribution in [2.45, 2.75) is 6.92 Å². The minimum atomic E-state index is 0.704. The Balaban J connectivity index is 2.77. The molecule has 80 valence electrons. The summed E-state index contributed by atoms with van der Waals surface area (Å²) in [5.41, 5.74) is 7.53. The third kappa shape index (κ3) is 3.46. The molecule has 15 heavy (non-hydrogen) atoms. The van der Waals surface area contributed by atoms with Crippen molar-refractivity contribution in [3.63, 3.8) is 0 Å². The topological polar surface area (TPSA) is 47.6 Å². The van der Waals surface area contributed by atoms with Crippen LogP contribution in [-0.2, 0) is 0 Å². The van der Waals surface area contributed by atoms with Crippen LogP contribution in [0, 0.1) is 0 Å². The maximum atomic E-state index is 5.86. The first kappa shape index (κ1) is 11.3. The van der Waals surface area contributed by atoms with Crippen molar-refractivity contribution in [1.82, 2.24) is 0 Å². The third-order valence-electron chi connectivity index (χ3n) is 1.97. The first-order valence-electron chi connectivity index (χ1n) is 4.88. The molecule has 0 aliphatic rings. The zero-order valence-electron chi connectivity index (χ0n) is 9.10. The molecule has 0 bridgehead atoms. The largest absolute Gasteiger partial charge is 0.497 e. The van der Waals surface area contributed by atoms with E-state index in [-0.39, 0.29) is 0 Å². The van der Waals surface area contributed by atoms with Crippen LogP contribution >= 0.6 is 0 Å². The average molecular weight is 204 g/mol. The Bertz CT molecular complexity index is 352. The highest BCUT2D eigenvalue weighted by molar-refractivity contribution is 5.83. The third-order valence-corrected chi connectivity index (χ3v) is 1.97. The summed E-state index contributed by atoms with van der Waals surface area (Å²) in [7, 11) is 1.64. The normalized spacial score (nSPS) is 12.0. The molecule has 0 spiro atoms. The average Bonchev–Trinajstić information content (AvgIpc) is 2.29. The Kier molecular flexibility index (Phi) is 4.41. The fraction of sp³-hybridized carbons (Fsp3) is 0.250. The molecular formula is C12H16N2O. The maximum absolute atomic E-state index is 5.86. The zero-order chi connectivity index (χ0) is 11.1. The number of benzene rings is 1. The summed E-state index contributed by atoms with van der Waals surface area (Å²) >= 11 is 0. The van der Waals surface area contributed by atoms with Gasteiger partial charge in [0, 0.05) is 18.5 Å². The van der Waals surface area contributed by atoms with Crippen LogP contribution < -0.4 is 10.5 Å². The van der Waals surface area contributed by atoms with Gasteiger partial charge in [-0.25, -0.2) is 0 Å². The standard InChI is InChI=1S/C12H16N2O/c1-3-14-9-8-12(13)10-4-6-11(15-2)7-5-10/h4-9H,3,13H2,1-2H3/b12-8-,14-9?. The van der Waals surface area contributed by atoms with Crippen molar-refractivity contribution in [3.05, 3.63) is 35.9 Å². The Hall–Kier alpha value is -1.77. The fourth-order valence-corrected chi connectivity index (χ4v) is 1.12. The monoisotopic (exact) mass is 204 g/mol. The molecule has 0 aromatic heterocycles. The van der Waals surface area contributed by atoms with Crippen LogP contribution in [0.4, 0.5) is 0 Å². The van der Waals surface area contributed by atoms with Crippen LogP contribution in [0.3, 0.4) is 0 Å². The molecule has 1 aromatic carbocycles. The molecule has 3 heteroatoms. The first-order chi connectivity index (χ1) is 7.27. The molecule has 0 amide bonds. The van der Waals surface area contributed by atoms with E-state index in [9.17, 15) is 0 Å². The van der Waals surface area contributed by atoms with Crippen LogP contribution in [-0.4, -0.2) is 19.9 Å². The van der Waals surface area contributed by atoms with E-state index in [1.54, 1.807) is 19.4 Å². The summed E-state index contributed by atoms with van der Waals surface area (Å²) < 4.78 is 5.06. The molecular weight excluding hydrogens is 188 g/mol. The van der Waals surface area contributed by atoms with Gasteiger partial charge in [0.1, 0.15) is 5.75 Å². The molecule has 0 saturated carbocycles. The molecule has 0 unspecified atom stereocenters. The van der Waals surface area contributed by atoms with Crippen LogP contribution in [0.1, 0.15) is 12.5 Å². The molecule has 0 heterocycles. The smallest absolute Gasteiger partial charge is 0.118 e. The number of hydrogen-bond acceptors (Lipinski definition) is 3. The second-order valence-electron chi connectivity index (χ2n) is 3.00. The number of nitrogens with zero attached hydrogens (tertiary/aromatic N) is 1. The molecule has 2 N–H and O–H groups in total. The van der Waals surface area contributed by atoms with Crippen molar-refractivity contribution in [2.75, 3.05) is 13.7 Å². The number of aliphatic imine (C=N–C) groups is 1. The van der Waals surface area contributed by atoms with E-state index in [1.807, 2.05) is 31.2 Å². The predicted molar refractivity (Wildman–Crippen MR) is 64.2 cm³/mol. The van der Waals surface area contributed by atoms with Gasteiger partial charge >= 0.3 is 0 Å². The number of nitrogens with two attached hydrogens (primary N) is 1. The number of hydrogen-bond donors (Lipinski definition) is 1. The predicted octanol–water partition coefficient (Wildman–Crippen LogP) is 2.09. The van der Waals surface area contributed by atoms with Gasteiger partial charge < -0.3 is 10.5 Å². The first-order valence-corrected chi connectivity index (χ1v) is 4.88. The minimum absolute atomic E-state index is 0.704. The molecule has 1 rings (SSSR count). The maximum Gasteiger partial charge on any atom is 0.118 e. The van der Waals surface area contributed by atoms with Gasteiger partial charge in [0.25, 0.3) is 0 Å². The van der Waals surface area contributed by atoms with Gasteiger partial charge in [0.05, 0.1) is 7.11 Å². The summed E-state index contributed by atoms with van der Waals surface area (Å²) in [5.74, 6) is 0.828. The van der Waals surface area contributed by atoms with Gasteiger partial charge in [-0.2, -0.15) is 0 Å². The van der Waals surface area contributed by atoms with Crippen molar-refractivity contribution < 1.29 is 4.74 Å². The highest BCUT2D eigenvalue weighted by Gasteiger charge is 1.95. The molecule has 3 nitrogen and oxygen atoms in total. The van der Waals surface area contributed by atoms with Gasteiger partial charge in [-0.15, -0.1) is 0 Å². The summed E-state index contributed by atoms with van der Waals surface area (Å²) in [6.07, 6.45) is 3.52. The molecule has 0 atom stereocenters. The molecule has 0 aliphatic carbocycles. The van der Waals surface area contributed by atoms with E-state index in [0.29, 0.717) is 5.70 Å². The number of rotatable bonds is 4. The summed E-state index contributed by atoms with van der Waals surface area (Å²) in [4.78, 5) is 4.06. The van der Waals surface area contributed by atoms with Crippen LogP contribution in [0.5, 0.6) is 5.75 Å². The second-order valence-corrected chi connectivity index (χ2v) is 3.00. The van der Waals surface area contributed by atoms with Gasteiger partial charge in [-0.3, -0.25) is 4.99 Å². The number of allylic oxidation sites excluding steroid dienone is 1. The second kappa shape index (κ2) is 5.86. The summed E-state index contributed by atoms with van der Waals surface area (Å²) in [6.45, 7) is 2.75. The lowest BCUT2D eigenvalue weighted by molar-refractivity contribution is 0.415. The SMILES string of the molecule is CCN=C/C=C(\N)c1ccc(OC)cc1. The lowest BCUT2D eigenvalue weighted by Crippen LogP contribution is -1.96. The van der Waals surface area contributed by atoms with Gasteiger partial charge in [-0.05, 0) is 42.8 Å². The highest BCUT2D eigenvalue weighted by atomic mass is 16.5. The molecule has 0 radical (unpaired) electrons. The van der Waals surface area contributed by atoms with E-state index >= 15 is 0 Å². The number of ether oxygens (including phenoxy) is 1. The highest BCUT2D eigenvalue weighted by Crippen LogP contribution is 2.14. The van der Waals surface area contributed by atoms with Crippen molar-refractivity contribution in [3.8, 4) is 5.75 Å². The van der Waals surface area contributed by atoms with E-state index in [0.717, 1.165) is 17.9 Å². The Morgan fingerprint density at radius 3 is 2.60 bits per heavy atom. The van der Waals surface area contributed by atoms with E-state index < -0.39 is 0 Å². The van der Waals surface area contributed by atoms with Crippen molar-refractivity contribution in [1.29, 1.82) is 0 Å². The summed E-state index contributed by atoms with van der Waals surface area (Å²) in [6, 6.07) is 7.61. The molecule has 0 saturated heterocycles. The zero-order valence-corrected chi connectivity index (χ0v) is 9.10. The Labute approximate surface area is 90.3 Å². The molecule has 0 aliphatic heterocycles. The molecule has 1 aromatic rings. The van der Waals surface area contributed by atoms with Crippen LogP contribution in [0.15, 0.2) is 35.3 Å². The Morgan fingerprint density at radius 1 is 1.40 bits per heavy atom. The van der Waals surface area contributed by atoms with E-state index in [4.69, 9.17) is 10.5 Å². The summed E-state index contributed by atoms with van der Waals surface area (Å²) in [5, 5.41) is 0. The molecule has 0 fully saturated rings. The lowest BCUT2D eigenvalue weighted by Gasteiger charge is -2.02. The number of methoxy groups -OCH3 is 1. The van der Waals surface area contributed by atoms with Gasteiger partial charge in [0.2, 0.25) is 0 Å². The van der Waals surface area contributed by atoms with Crippen molar-refractivity contribution >= 4 is 11.9 Å². The van der Waals surface area contributed by atoms with Crippen LogP contribution in [0.25, 0.3) is 5.70 Å². The van der Waals surface area contributed by atoms with Crippen molar-refractivity contribution in [2.24, 2.45) is 10.7 Å². The Morgan fingerprint density at radius 2 is 2.07 bits per heavy atom.